The number of nitrogens with one attached hydrogen (secondary N) is 2. The fourth-order valence-electron chi connectivity index (χ4n) is 2.90. The smallest absolute Gasteiger partial charge is 0.260 e. The summed E-state index contributed by atoms with van der Waals surface area (Å²) < 4.78 is 27.4. The highest BCUT2D eigenvalue weighted by Gasteiger charge is 2.34. The van der Waals surface area contributed by atoms with Crippen LogP contribution in [0, 0.1) is 0 Å². The molecule has 0 aromatic carbocycles. The molecule has 1 aliphatic rings. The van der Waals surface area contributed by atoms with Gasteiger partial charge in [0.25, 0.3) is 10.0 Å². The summed E-state index contributed by atoms with van der Waals surface area (Å²) in [5.41, 5.74) is 0.708. The lowest BCUT2D eigenvalue weighted by molar-refractivity contribution is 0.334. The molecule has 6 nitrogen and oxygen atoms in total. The maximum atomic E-state index is 12.9. The van der Waals surface area contributed by atoms with Crippen LogP contribution in [0.25, 0.3) is 0 Å². The Morgan fingerprint density at radius 1 is 1.43 bits per heavy atom. The molecular weight excluding hydrogens is 288 g/mol. The third-order valence-electron chi connectivity index (χ3n) is 3.99. The van der Waals surface area contributed by atoms with E-state index in [0.717, 1.165) is 25.7 Å². The standard InChI is InChI=1S/C14H26N4O2S/c1-4-18(13-7-5-6-8-13)21(19,20)14-12(10-16-17-14)9-15-11(2)3/h10-11,13,15H,4-9H2,1-3H3,(H,16,17). The predicted molar refractivity (Wildman–Crippen MR) is 82.4 cm³/mol. The number of aromatic nitrogens is 2. The monoisotopic (exact) mass is 314 g/mol. The molecule has 2 N–H and O–H groups in total. The zero-order valence-corrected chi connectivity index (χ0v) is 13.9. The number of hydrogen-bond acceptors (Lipinski definition) is 4. The van der Waals surface area contributed by atoms with Crippen molar-refractivity contribution >= 4 is 10.0 Å². The summed E-state index contributed by atoms with van der Waals surface area (Å²) in [5, 5.41) is 10.1. The van der Waals surface area contributed by atoms with Gasteiger partial charge >= 0.3 is 0 Å². The van der Waals surface area contributed by atoms with E-state index in [2.05, 4.69) is 15.5 Å². The van der Waals surface area contributed by atoms with E-state index in [4.69, 9.17) is 0 Å². The molecule has 0 atom stereocenters. The van der Waals surface area contributed by atoms with E-state index in [1.54, 1.807) is 10.5 Å². The van der Waals surface area contributed by atoms with Crippen molar-refractivity contribution in [3.8, 4) is 0 Å². The van der Waals surface area contributed by atoms with E-state index in [0.29, 0.717) is 24.7 Å². The van der Waals surface area contributed by atoms with Crippen LogP contribution in [-0.2, 0) is 16.6 Å². The van der Waals surface area contributed by atoms with Gasteiger partial charge in [-0.15, -0.1) is 0 Å². The van der Waals surface area contributed by atoms with Gasteiger partial charge in [-0.3, -0.25) is 5.10 Å². The number of nitrogens with zero attached hydrogens (tertiary/aromatic N) is 2. The molecular formula is C14H26N4O2S. The lowest BCUT2D eigenvalue weighted by Crippen LogP contribution is -2.39. The summed E-state index contributed by atoms with van der Waals surface area (Å²) in [6, 6.07) is 0.432. The molecule has 0 amide bonds. The third kappa shape index (κ3) is 3.64. The van der Waals surface area contributed by atoms with Gasteiger partial charge in [0.1, 0.15) is 0 Å². The Labute approximate surface area is 127 Å². The second-order valence-corrected chi connectivity index (χ2v) is 7.73. The van der Waals surface area contributed by atoms with E-state index in [-0.39, 0.29) is 11.1 Å². The van der Waals surface area contributed by atoms with Crippen molar-refractivity contribution in [2.24, 2.45) is 0 Å². The summed E-state index contributed by atoms with van der Waals surface area (Å²) in [6.07, 6.45) is 5.75. The number of rotatable bonds is 7. The fourth-order valence-corrected chi connectivity index (χ4v) is 4.70. The second-order valence-electron chi connectivity index (χ2n) is 5.91. The Morgan fingerprint density at radius 2 is 2.10 bits per heavy atom. The highest BCUT2D eigenvalue weighted by molar-refractivity contribution is 7.89. The molecule has 0 radical (unpaired) electrons. The number of hydrogen-bond donors (Lipinski definition) is 2. The first kappa shape index (κ1) is 16.5. The molecule has 0 unspecified atom stereocenters. The minimum absolute atomic E-state index is 0.134. The highest BCUT2D eigenvalue weighted by Crippen LogP contribution is 2.28. The average molecular weight is 314 g/mol. The summed E-state index contributed by atoms with van der Waals surface area (Å²) in [6.45, 7) is 6.97. The van der Waals surface area contributed by atoms with Crippen molar-refractivity contribution in [2.45, 2.75) is 70.1 Å². The maximum Gasteiger partial charge on any atom is 0.260 e. The van der Waals surface area contributed by atoms with Crippen LogP contribution < -0.4 is 5.32 Å². The van der Waals surface area contributed by atoms with E-state index in [9.17, 15) is 8.42 Å². The minimum atomic E-state index is -3.49. The molecule has 0 bridgehead atoms. The third-order valence-corrected chi connectivity index (χ3v) is 6.03. The second kappa shape index (κ2) is 6.89. The van der Waals surface area contributed by atoms with Crippen LogP contribution in [0.15, 0.2) is 11.2 Å². The van der Waals surface area contributed by atoms with Gasteiger partial charge in [-0.1, -0.05) is 33.6 Å². The van der Waals surface area contributed by atoms with Crippen LogP contribution in [-0.4, -0.2) is 41.5 Å². The Kier molecular flexibility index (Phi) is 5.40. The van der Waals surface area contributed by atoms with E-state index < -0.39 is 10.0 Å². The van der Waals surface area contributed by atoms with Crippen LogP contribution in [0.5, 0.6) is 0 Å². The lowest BCUT2D eigenvalue weighted by atomic mass is 10.2. The average Bonchev–Trinajstić information content (AvgIpc) is 3.08. The summed E-state index contributed by atoms with van der Waals surface area (Å²) in [7, 11) is -3.49. The molecule has 1 aromatic heterocycles. The lowest BCUT2D eigenvalue weighted by Gasteiger charge is -2.26. The summed E-state index contributed by atoms with van der Waals surface area (Å²) >= 11 is 0. The Bertz CT molecular complexity index is 547. The molecule has 21 heavy (non-hydrogen) atoms. The number of sulfonamides is 1. The van der Waals surface area contributed by atoms with E-state index in [1.807, 2.05) is 20.8 Å². The van der Waals surface area contributed by atoms with Crippen molar-refractivity contribution in [1.82, 2.24) is 19.8 Å². The molecule has 2 rings (SSSR count). The van der Waals surface area contributed by atoms with Crippen molar-refractivity contribution in [3.63, 3.8) is 0 Å². The summed E-state index contributed by atoms with van der Waals surface area (Å²) in [4.78, 5) is 0. The maximum absolute atomic E-state index is 12.9. The van der Waals surface area contributed by atoms with Crippen LogP contribution in [0.4, 0.5) is 0 Å². The quantitative estimate of drug-likeness (QED) is 0.805. The van der Waals surface area contributed by atoms with Gasteiger partial charge in [-0.05, 0) is 12.8 Å². The molecule has 1 fully saturated rings. The van der Waals surface area contributed by atoms with Crippen molar-refractivity contribution < 1.29 is 8.42 Å². The van der Waals surface area contributed by atoms with Crippen molar-refractivity contribution in [3.05, 3.63) is 11.8 Å². The van der Waals surface area contributed by atoms with Crippen molar-refractivity contribution in [1.29, 1.82) is 0 Å². The topological polar surface area (TPSA) is 78.1 Å². The molecule has 7 heteroatoms. The predicted octanol–water partition coefficient (Wildman–Crippen LogP) is 1.86. The minimum Gasteiger partial charge on any atom is -0.310 e. The van der Waals surface area contributed by atoms with Gasteiger partial charge in [-0.25, -0.2) is 8.42 Å². The molecule has 0 spiro atoms. The van der Waals surface area contributed by atoms with Crippen molar-refractivity contribution in [2.75, 3.05) is 6.54 Å². The zero-order valence-electron chi connectivity index (χ0n) is 13.1. The SMILES string of the molecule is CCN(C1CCCC1)S(=O)(=O)c1[nH]ncc1CNC(C)C. The first-order valence-corrected chi connectivity index (χ1v) is 9.18. The first-order valence-electron chi connectivity index (χ1n) is 7.74. The van der Waals surface area contributed by atoms with Gasteiger partial charge in [0.05, 0.1) is 6.20 Å². The van der Waals surface area contributed by atoms with E-state index >= 15 is 0 Å². The fraction of sp³-hybridized carbons (Fsp3) is 0.786. The van der Waals surface area contributed by atoms with E-state index in [1.165, 1.54) is 0 Å². The molecule has 1 aliphatic carbocycles. The normalized spacial score (nSPS) is 17.2. The molecule has 0 saturated heterocycles. The number of H-pyrrole nitrogens is 1. The Balaban J connectivity index is 2.23. The summed E-state index contributed by atoms with van der Waals surface area (Å²) in [5.74, 6) is 0. The van der Waals surface area contributed by atoms with Crippen LogP contribution in [0.1, 0.15) is 52.0 Å². The Morgan fingerprint density at radius 3 is 2.67 bits per heavy atom. The molecule has 120 valence electrons. The van der Waals surface area contributed by atoms with Gasteiger partial charge in [0.2, 0.25) is 0 Å². The molecule has 0 aliphatic heterocycles. The van der Waals surface area contributed by atoms with Crippen LogP contribution in [0.2, 0.25) is 0 Å². The van der Waals surface area contributed by atoms with Gasteiger partial charge in [0.15, 0.2) is 5.03 Å². The molecule has 1 aromatic rings. The molecule has 1 saturated carbocycles. The van der Waals surface area contributed by atoms with Gasteiger partial charge in [0, 0.05) is 30.7 Å². The first-order chi connectivity index (χ1) is 9.96. The van der Waals surface area contributed by atoms with Gasteiger partial charge in [-0.2, -0.15) is 9.40 Å². The largest absolute Gasteiger partial charge is 0.310 e. The Hall–Kier alpha value is -0.920. The highest BCUT2D eigenvalue weighted by atomic mass is 32.2. The van der Waals surface area contributed by atoms with Gasteiger partial charge < -0.3 is 5.32 Å². The molecule has 1 heterocycles. The van der Waals surface area contributed by atoms with Crippen LogP contribution in [0.3, 0.4) is 0 Å². The zero-order chi connectivity index (χ0) is 15.5. The number of aromatic amines is 1. The van der Waals surface area contributed by atoms with Crippen LogP contribution >= 0.6 is 0 Å².